The molecule has 138 valence electrons. The number of hydrogen-bond acceptors (Lipinski definition) is 4. The zero-order chi connectivity index (χ0) is 17.7. The zero-order valence-corrected chi connectivity index (χ0v) is 14.8. The molecule has 3 rings (SSSR count). The Labute approximate surface area is 148 Å². The molecule has 1 heterocycles. The molecule has 1 atom stereocenters. The van der Waals surface area contributed by atoms with E-state index in [4.69, 9.17) is 9.47 Å². The Balaban J connectivity index is 1.70. The maximum atomic E-state index is 12.2. The number of fused-ring (bicyclic) bond motifs is 1. The van der Waals surface area contributed by atoms with Crippen molar-refractivity contribution >= 4 is 6.03 Å². The van der Waals surface area contributed by atoms with Gasteiger partial charge in [0.15, 0.2) is 11.5 Å². The third-order valence-electron chi connectivity index (χ3n) is 5.35. The molecule has 0 spiro atoms. The standard InChI is InChI=1S/C19H28N2O4/c1-2-15(12-22)21-18(23)20-13-19(7-3-4-8-19)14-5-6-16-17(11-14)25-10-9-24-16/h5-6,11,15,22H,2-4,7-10,12-13H2,1H3,(H2,20,21,23)/t15-/m1/s1. The third-order valence-corrected chi connectivity index (χ3v) is 5.35. The van der Waals surface area contributed by atoms with Gasteiger partial charge in [-0.15, -0.1) is 0 Å². The molecule has 2 aliphatic rings. The fourth-order valence-corrected chi connectivity index (χ4v) is 3.76. The van der Waals surface area contributed by atoms with Gasteiger partial charge in [-0.1, -0.05) is 25.8 Å². The molecule has 6 nitrogen and oxygen atoms in total. The smallest absolute Gasteiger partial charge is 0.315 e. The summed E-state index contributed by atoms with van der Waals surface area (Å²) >= 11 is 0. The lowest BCUT2D eigenvalue weighted by Gasteiger charge is -2.31. The summed E-state index contributed by atoms with van der Waals surface area (Å²) in [5, 5.41) is 15.1. The van der Waals surface area contributed by atoms with Gasteiger partial charge in [0.1, 0.15) is 13.2 Å². The Morgan fingerprint density at radius 3 is 2.64 bits per heavy atom. The molecular weight excluding hydrogens is 320 g/mol. The highest BCUT2D eigenvalue weighted by Gasteiger charge is 2.36. The van der Waals surface area contributed by atoms with Crippen LogP contribution in [0.4, 0.5) is 4.79 Å². The number of hydrogen-bond donors (Lipinski definition) is 3. The molecule has 1 saturated carbocycles. The minimum absolute atomic E-state index is 0.0444. The summed E-state index contributed by atoms with van der Waals surface area (Å²) < 4.78 is 11.3. The van der Waals surface area contributed by atoms with Crippen molar-refractivity contribution in [2.24, 2.45) is 0 Å². The second-order valence-electron chi connectivity index (χ2n) is 6.96. The van der Waals surface area contributed by atoms with Crippen LogP contribution in [0.25, 0.3) is 0 Å². The number of carbonyl (C=O) groups excluding carboxylic acids is 1. The molecule has 1 aliphatic carbocycles. The van der Waals surface area contributed by atoms with E-state index in [-0.39, 0.29) is 24.1 Å². The number of aliphatic hydroxyl groups is 1. The van der Waals surface area contributed by atoms with E-state index in [0.29, 0.717) is 26.2 Å². The predicted octanol–water partition coefficient (Wildman–Crippen LogP) is 2.34. The topological polar surface area (TPSA) is 79.8 Å². The van der Waals surface area contributed by atoms with Crippen LogP contribution >= 0.6 is 0 Å². The zero-order valence-electron chi connectivity index (χ0n) is 14.8. The van der Waals surface area contributed by atoms with Gasteiger partial charge >= 0.3 is 6.03 Å². The second kappa shape index (κ2) is 7.95. The van der Waals surface area contributed by atoms with E-state index in [9.17, 15) is 9.90 Å². The molecule has 0 unspecified atom stereocenters. The van der Waals surface area contributed by atoms with E-state index in [0.717, 1.165) is 37.2 Å². The van der Waals surface area contributed by atoms with Crippen molar-refractivity contribution in [3.05, 3.63) is 23.8 Å². The van der Waals surface area contributed by atoms with E-state index >= 15 is 0 Å². The number of amides is 2. The number of urea groups is 1. The van der Waals surface area contributed by atoms with Crippen LogP contribution in [0.5, 0.6) is 11.5 Å². The van der Waals surface area contributed by atoms with E-state index in [1.54, 1.807) is 0 Å². The summed E-state index contributed by atoms with van der Waals surface area (Å²) in [6.45, 7) is 3.64. The summed E-state index contributed by atoms with van der Waals surface area (Å²) in [4.78, 5) is 12.2. The summed E-state index contributed by atoms with van der Waals surface area (Å²) in [6, 6.07) is 5.73. The van der Waals surface area contributed by atoms with Crippen molar-refractivity contribution in [1.29, 1.82) is 0 Å². The highest BCUT2D eigenvalue weighted by atomic mass is 16.6. The maximum absolute atomic E-state index is 12.2. The number of benzene rings is 1. The average molecular weight is 348 g/mol. The SMILES string of the molecule is CC[C@H](CO)NC(=O)NCC1(c2ccc3c(c2)OCCO3)CCCC1. The van der Waals surface area contributed by atoms with Crippen molar-refractivity contribution in [3.8, 4) is 11.5 Å². The van der Waals surface area contributed by atoms with Gasteiger partial charge in [0, 0.05) is 12.0 Å². The van der Waals surface area contributed by atoms with Crippen LogP contribution in [0.15, 0.2) is 18.2 Å². The van der Waals surface area contributed by atoms with Crippen molar-refractivity contribution < 1.29 is 19.4 Å². The second-order valence-corrected chi connectivity index (χ2v) is 6.96. The van der Waals surface area contributed by atoms with Gasteiger partial charge in [0.25, 0.3) is 0 Å². The number of ether oxygens (including phenoxy) is 2. The van der Waals surface area contributed by atoms with Crippen LogP contribution in [0.1, 0.15) is 44.6 Å². The first kappa shape index (κ1) is 17.9. The van der Waals surface area contributed by atoms with Gasteiger partial charge in [-0.3, -0.25) is 0 Å². The lowest BCUT2D eigenvalue weighted by atomic mass is 9.78. The van der Waals surface area contributed by atoms with Crippen molar-refractivity contribution in [2.45, 2.75) is 50.5 Å². The Morgan fingerprint density at radius 2 is 1.96 bits per heavy atom. The van der Waals surface area contributed by atoms with E-state index in [1.807, 2.05) is 13.0 Å². The van der Waals surface area contributed by atoms with E-state index in [2.05, 4.69) is 22.8 Å². The van der Waals surface area contributed by atoms with Gasteiger partial charge in [-0.05, 0) is 37.0 Å². The Kier molecular flexibility index (Phi) is 5.68. The molecule has 0 radical (unpaired) electrons. The van der Waals surface area contributed by atoms with Gasteiger partial charge in [0.05, 0.1) is 12.6 Å². The van der Waals surface area contributed by atoms with Crippen molar-refractivity contribution in [2.75, 3.05) is 26.4 Å². The molecule has 0 aromatic heterocycles. The predicted molar refractivity (Wildman–Crippen MR) is 95.3 cm³/mol. The fraction of sp³-hybridized carbons (Fsp3) is 0.632. The minimum Gasteiger partial charge on any atom is -0.486 e. The van der Waals surface area contributed by atoms with Crippen molar-refractivity contribution in [3.63, 3.8) is 0 Å². The third kappa shape index (κ3) is 4.00. The van der Waals surface area contributed by atoms with Crippen LogP contribution in [0.3, 0.4) is 0 Å². The molecule has 1 aliphatic heterocycles. The number of carbonyl (C=O) groups is 1. The first-order valence-electron chi connectivity index (χ1n) is 9.22. The van der Waals surface area contributed by atoms with E-state index < -0.39 is 0 Å². The molecule has 1 fully saturated rings. The molecular formula is C19H28N2O4. The summed E-state index contributed by atoms with van der Waals surface area (Å²) in [5.41, 5.74) is 1.14. The summed E-state index contributed by atoms with van der Waals surface area (Å²) in [6.07, 6.45) is 5.11. The highest BCUT2D eigenvalue weighted by molar-refractivity contribution is 5.74. The first-order valence-corrected chi connectivity index (χ1v) is 9.22. The maximum Gasteiger partial charge on any atom is 0.315 e. The van der Waals surface area contributed by atoms with Crippen LogP contribution < -0.4 is 20.1 Å². The molecule has 1 aromatic rings. The fourth-order valence-electron chi connectivity index (χ4n) is 3.76. The molecule has 3 N–H and O–H groups in total. The van der Waals surface area contributed by atoms with Crippen LogP contribution in [-0.4, -0.2) is 43.5 Å². The normalized spacial score (nSPS) is 19.3. The number of aliphatic hydroxyl groups excluding tert-OH is 1. The summed E-state index contributed by atoms with van der Waals surface area (Å²) in [5.74, 6) is 1.59. The minimum atomic E-state index is -0.218. The van der Waals surface area contributed by atoms with Crippen molar-refractivity contribution in [1.82, 2.24) is 10.6 Å². The Morgan fingerprint density at radius 1 is 1.24 bits per heavy atom. The Hall–Kier alpha value is -1.95. The van der Waals surface area contributed by atoms with Gasteiger partial charge in [-0.2, -0.15) is 0 Å². The highest BCUT2D eigenvalue weighted by Crippen LogP contribution is 2.43. The van der Waals surface area contributed by atoms with Crippen LogP contribution in [-0.2, 0) is 5.41 Å². The van der Waals surface area contributed by atoms with E-state index in [1.165, 1.54) is 5.56 Å². The number of nitrogens with one attached hydrogen (secondary N) is 2. The molecule has 25 heavy (non-hydrogen) atoms. The first-order chi connectivity index (χ1) is 12.2. The monoisotopic (exact) mass is 348 g/mol. The number of rotatable bonds is 6. The average Bonchev–Trinajstić information content (AvgIpc) is 3.14. The van der Waals surface area contributed by atoms with Gasteiger partial charge in [-0.25, -0.2) is 4.79 Å². The largest absolute Gasteiger partial charge is 0.486 e. The lowest BCUT2D eigenvalue weighted by Crippen LogP contribution is -2.47. The molecule has 6 heteroatoms. The van der Waals surface area contributed by atoms with Crippen LogP contribution in [0, 0.1) is 0 Å². The van der Waals surface area contributed by atoms with Crippen LogP contribution in [0.2, 0.25) is 0 Å². The molecule has 0 bridgehead atoms. The molecule has 1 aromatic carbocycles. The molecule has 2 amide bonds. The lowest BCUT2D eigenvalue weighted by molar-refractivity contribution is 0.171. The quantitative estimate of drug-likeness (QED) is 0.737. The Bertz CT molecular complexity index is 595. The van der Waals surface area contributed by atoms with Gasteiger partial charge < -0.3 is 25.2 Å². The molecule has 0 saturated heterocycles. The summed E-state index contributed by atoms with van der Waals surface area (Å²) in [7, 11) is 0. The van der Waals surface area contributed by atoms with Gasteiger partial charge in [0.2, 0.25) is 0 Å².